The predicted molar refractivity (Wildman–Crippen MR) is 80.1 cm³/mol. The topological polar surface area (TPSA) is 55.8 Å². The van der Waals surface area contributed by atoms with Crippen LogP contribution in [0.1, 0.15) is 6.92 Å². The van der Waals surface area contributed by atoms with Crippen molar-refractivity contribution in [3.8, 4) is 11.5 Å². The van der Waals surface area contributed by atoms with E-state index in [0.29, 0.717) is 16.5 Å². The van der Waals surface area contributed by atoms with Crippen molar-refractivity contribution >= 4 is 17.6 Å². The van der Waals surface area contributed by atoms with Crippen LogP contribution in [0.2, 0.25) is 5.02 Å². The summed E-state index contributed by atoms with van der Waals surface area (Å²) in [6.45, 7) is 1.34. The Morgan fingerprint density at radius 2 is 1.71 bits per heavy atom. The minimum absolute atomic E-state index is 0.126. The lowest BCUT2D eigenvalue weighted by atomic mass is 10.1. The molecule has 2 aromatic carbocycles. The number of aliphatic carboxylic acids is 1. The first-order valence-corrected chi connectivity index (χ1v) is 6.73. The van der Waals surface area contributed by atoms with Gasteiger partial charge in [-0.15, -0.1) is 0 Å². The van der Waals surface area contributed by atoms with E-state index in [0.717, 1.165) is 0 Å². The second-order valence-corrected chi connectivity index (χ2v) is 5.13. The van der Waals surface area contributed by atoms with Gasteiger partial charge in [-0.3, -0.25) is 0 Å². The third-order valence-electron chi connectivity index (χ3n) is 2.87. The highest BCUT2D eigenvalue weighted by molar-refractivity contribution is 6.30. The van der Waals surface area contributed by atoms with Crippen LogP contribution in [0.5, 0.6) is 11.5 Å². The Labute approximate surface area is 127 Å². The molecule has 0 heterocycles. The molecule has 0 aliphatic carbocycles. The van der Waals surface area contributed by atoms with Gasteiger partial charge >= 0.3 is 5.97 Å². The van der Waals surface area contributed by atoms with Crippen LogP contribution in [-0.4, -0.2) is 23.3 Å². The van der Waals surface area contributed by atoms with Crippen molar-refractivity contribution in [1.29, 1.82) is 0 Å². The maximum Gasteiger partial charge on any atom is 0.351 e. The summed E-state index contributed by atoms with van der Waals surface area (Å²) in [5.41, 5.74) is -1.49. The van der Waals surface area contributed by atoms with Crippen molar-refractivity contribution in [3.05, 3.63) is 59.6 Å². The van der Waals surface area contributed by atoms with E-state index in [1.54, 1.807) is 48.5 Å². The molecule has 2 rings (SSSR count). The highest BCUT2D eigenvalue weighted by atomic mass is 35.5. The molecule has 0 fully saturated rings. The van der Waals surface area contributed by atoms with Crippen molar-refractivity contribution in [2.45, 2.75) is 12.5 Å². The highest BCUT2D eigenvalue weighted by Crippen LogP contribution is 2.21. The Morgan fingerprint density at radius 1 is 1.10 bits per heavy atom. The van der Waals surface area contributed by atoms with E-state index in [9.17, 15) is 9.90 Å². The van der Waals surface area contributed by atoms with Gasteiger partial charge in [-0.1, -0.05) is 29.8 Å². The van der Waals surface area contributed by atoms with Crippen LogP contribution in [0.3, 0.4) is 0 Å². The van der Waals surface area contributed by atoms with E-state index in [-0.39, 0.29) is 6.61 Å². The van der Waals surface area contributed by atoms with E-state index < -0.39 is 11.6 Å². The number of benzene rings is 2. The van der Waals surface area contributed by atoms with E-state index in [1.165, 1.54) is 6.92 Å². The fraction of sp³-hybridized carbons (Fsp3) is 0.188. The minimum atomic E-state index is -1.49. The van der Waals surface area contributed by atoms with Crippen LogP contribution >= 0.6 is 11.6 Å². The van der Waals surface area contributed by atoms with Crippen LogP contribution in [0.4, 0.5) is 0 Å². The largest absolute Gasteiger partial charge is 0.489 e. The summed E-state index contributed by atoms with van der Waals surface area (Å²) in [6, 6.07) is 15.5. The molecular weight excluding hydrogens is 292 g/mol. The molecular formula is C16H15ClO4. The Kier molecular flexibility index (Phi) is 4.70. The van der Waals surface area contributed by atoms with Gasteiger partial charge in [0.05, 0.1) is 0 Å². The van der Waals surface area contributed by atoms with Gasteiger partial charge < -0.3 is 14.6 Å². The Morgan fingerprint density at radius 3 is 2.29 bits per heavy atom. The molecule has 0 saturated heterocycles. The monoisotopic (exact) mass is 306 g/mol. The Balaban J connectivity index is 2.07. The summed E-state index contributed by atoms with van der Waals surface area (Å²) in [5, 5.41) is 9.98. The van der Waals surface area contributed by atoms with E-state index >= 15 is 0 Å². The molecule has 1 atom stereocenters. The predicted octanol–water partition coefficient (Wildman–Crippen LogP) is 3.64. The van der Waals surface area contributed by atoms with Crippen molar-refractivity contribution in [1.82, 2.24) is 0 Å². The first kappa shape index (κ1) is 15.2. The van der Waals surface area contributed by atoms with Gasteiger partial charge in [-0.2, -0.15) is 0 Å². The summed E-state index contributed by atoms with van der Waals surface area (Å²) in [4.78, 5) is 11.5. The third-order valence-corrected chi connectivity index (χ3v) is 3.12. The number of halogens is 1. The molecule has 0 aliphatic heterocycles. The number of ether oxygens (including phenoxy) is 2. The molecule has 5 heteroatoms. The first-order valence-electron chi connectivity index (χ1n) is 6.35. The summed E-state index contributed by atoms with van der Waals surface area (Å²) in [7, 11) is 0. The molecule has 1 N–H and O–H groups in total. The van der Waals surface area contributed by atoms with Crippen molar-refractivity contribution in [2.24, 2.45) is 0 Å². The number of carbonyl (C=O) groups is 1. The molecule has 4 nitrogen and oxygen atoms in total. The van der Waals surface area contributed by atoms with Crippen LogP contribution < -0.4 is 9.47 Å². The molecule has 2 aromatic rings. The van der Waals surface area contributed by atoms with Gasteiger partial charge in [0.15, 0.2) is 0 Å². The van der Waals surface area contributed by atoms with Gasteiger partial charge in [0.25, 0.3) is 0 Å². The fourth-order valence-electron chi connectivity index (χ4n) is 1.64. The van der Waals surface area contributed by atoms with E-state index in [1.807, 2.05) is 6.07 Å². The zero-order chi connectivity index (χ0) is 15.3. The zero-order valence-electron chi connectivity index (χ0n) is 11.5. The number of carboxylic acid groups (broad SMARTS) is 1. The lowest BCUT2D eigenvalue weighted by Gasteiger charge is -2.26. The smallest absolute Gasteiger partial charge is 0.351 e. The summed E-state index contributed by atoms with van der Waals surface area (Å²) < 4.78 is 11.1. The van der Waals surface area contributed by atoms with Gasteiger partial charge in [0.1, 0.15) is 18.1 Å². The van der Waals surface area contributed by atoms with Gasteiger partial charge in [-0.25, -0.2) is 4.79 Å². The van der Waals surface area contributed by atoms with Crippen LogP contribution in [0.25, 0.3) is 0 Å². The summed E-state index contributed by atoms with van der Waals surface area (Å²) in [5.74, 6) is -0.0917. The molecule has 0 bridgehead atoms. The molecule has 0 radical (unpaired) electrons. The van der Waals surface area contributed by atoms with Gasteiger partial charge in [-0.05, 0) is 43.3 Å². The molecule has 0 spiro atoms. The highest BCUT2D eigenvalue weighted by Gasteiger charge is 2.37. The van der Waals surface area contributed by atoms with Crippen molar-refractivity contribution in [2.75, 3.05) is 6.61 Å². The third kappa shape index (κ3) is 4.13. The maximum absolute atomic E-state index is 11.5. The second kappa shape index (κ2) is 6.50. The fourth-order valence-corrected chi connectivity index (χ4v) is 1.76. The molecule has 0 aromatic heterocycles. The zero-order valence-corrected chi connectivity index (χ0v) is 12.2. The summed E-state index contributed by atoms with van der Waals surface area (Å²) in [6.07, 6.45) is 0. The SMILES string of the molecule is CC(COc1ccc(Cl)cc1)(Oc1ccccc1)C(=O)O. The number of rotatable bonds is 6. The Bertz CT molecular complexity index is 597. The average molecular weight is 307 g/mol. The van der Waals surface area contributed by atoms with Crippen LogP contribution in [0.15, 0.2) is 54.6 Å². The number of carboxylic acids is 1. The van der Waals surface area contributed by atoms with Crippen LogP contribution in [-0.2, 0) is 4.79 Å². The summed E-state index contributed by atoms with van der Waals surface area (Å²) >= 11 is 5.79. The second-order valence-electron chi connectivity index (χ2n) is 4.69. The Hall–Kier alpha value is -2.20. The van der Waals surface area contributed by atoms with Crippen molar-refractivity contribution < 1.29 is 19.4 Å². The molecule has 110 valence electrons. The lowest BCUT2D eigenvalue weighted by Crippen LogP contribution is -2.46. The van der Waals surface area contributed by atoms with E-state index in [4.69, 9.17) is 21.1 Å². The minimum Gasteiger partial charge on any atom is -0.489 e. The quantitative estimate of drug-likeness (QED) is 0.885. The van der Waals surface area contributed by atoms with E-state index in [2.05, 4.69) is 0 Å². The lowest BCUT2D eigenvalue weighted by molar-refractivity contribution is -0.156. The molecule has 0 aliphatic rings. The average Bonchev–Trinajstić information content (AvgIpc) is 2.47. The van der Waals surface area contributed by atoms with Gasteiger partial charge in [0.2, 0.25) is 5.60 Å². The number of hydrogen-bond donors (Lipinski definition) is 1. The standard InChI is InChI=1S/C16H15ClO4/c1-16(15(18)19,21-14-5-3-2-4-6-14)11-20-13-9-7-12(17)8-10-13/h2-10H,11H2,1H3,(H,18,19). The molecule has 21 heavy (non-hydrogen) atoms. The molecule has 1 unspecified atom stereocenters. The van der Waals surface area contributed by atoms with Crippen LogP contribution in [0, 0.1) is 0 Å². The normalized spacial score (nSPS) is 13.2. The number of para-hydroxylation sites is 1. The maximum atomic E-state index is 11.5. The molecule has 0 amide bonds. The first-order chi connectivity index (χ1) is 9.99. The van der Waals surface area contributed by atoms with Gasteiger partial charge in [0, 0.05) is 5.02 Å². The van der Waals surface area contributed by atoms with Crippen molar-refractivity contribution in [3.63, 3.8) is 0 Å². The number of hydrogen-bond acceptors (Lipinski definition) is 3. The molecule has 0 saturated carbocycles.